The molecule has 2 nitrogen and oxygen atoms in total. The van der Waals surface area contributed by atoms with E-state index in [1.165, 1.54) is 0 Å². The first-order valence-electron chi connectivity index (χ1n) is 3.39. The van der Waals surface area contributed by atoms with Crippen LogP contribution in [0, 0.1) is 0 Å². The van der Waals surface area contributed by atoms with E-state index in [4.69, 9.17) is 5.90 Å². The molecule has 0 amide bonds. The smallest absolute Gasteiger partial charge is 0.0930 e. The highest BCUT2D eigenvalue weighted by molar-refractivity contribution is 5.85. The maximum absolute atomic E-state index is 4.91. The van der Waals surface area contributed by atoms with E-state index in [9.17, 15) is 0 Å². The predicted octanol–water partition coefficient (Wildman–Crippen LogP) is 2.01. The average molecular weight is 186 g/mol. The molecule has 0 aromatic heterocycles. The Morgan fingerprint density at radius 3 is 2.42 bits per heavy atom. The Bertz CT molecular complexity index is 236. The third-order valence-electron chi connectivity index (χ3n) is 1.44. The molecule has 0 unspecified atom stereocenters. The van der Waals surface area contributed by atoms with Crippen molar-refractivity contribution in [3.63, 3.8) is 0 Å². The molecule has 0 bridgehead atoms. The molecule has 66 valence electrons. The molecule has 0 radical (unpaired) electrons. The summed E-state index contributed by atoms with van der Waals surface area (Å²) in [5.74, 6) is 4.91. The van der Waals surface area contributed by atoms with Gasteiger partial charge in [0.15, 0.2) is 0 Å². The van der Waals surface area contributed by atoms with Gasteiger partial charge in [-0.1, -0.05) is 36.9 Å². The molecular weight excluding hydrogens is 174 g/mol. The van der Waals surface area contributed by atoms with Crippen molar-refractivity contribution in [1.82, 2.24) is 0 Å². The van der Waals surface area contributed by atoms with Crippen LogP contribution in [0.3, 0.4) is 0 Å². The minimum absolute atomic E-state index is 0. The van der Waals surface area contributed by atoms with Crippen LogP contribution in [0.5, 0.6) is 0 Å². The molecular formula is C9H12ClNO. The Morgan fingerprint density at radius 2 is 1.92 bits per heavy atom. The SMILES string of the molecule is C=C(CON)c1ccccc1.Cl. The molecule has 0 aliphatic heterocycles. The first-order valence-corrected chi connectivity index (χ1v) is 3.39. The van der Waals surface area contributed by atoms with Crippen LogP contribution in [0.1, 0.15) is 5.56 Å². The molecule has 0 fully saturated rings. The molecule has 0 spiro atoms. The van der Waals surface area contributed by atoms with Gasteiger partial charge in [-0.2, -0.15) is 0 Å². The third kappa shape index (κ3) is 3.05. The average Bonchev–Trinajstić information content (AvgIpc) is 2.07. The second-order valence-electron chi connectivity index (χ2n) is 2.28. The van der Waals surface area contributed by atoms with Crippen molar-refractivity contribution >= 4 is 18.0 Å². The van der Waals surface area contributed by atoms with Gasteiger partial charge in [-0.25, -0.2) is 5.90 Å². The molecule has 0 aliphatic carbocycles. The van der Waals surface area contributed by atoms with E-state index < -0.39 is 0 Å². The Labute approximate surface area is 78.4 Å². The van der Waals surface area contributed by atoms with Gasteiger partial charge in [0.25, 0.3) is 0 Å². The normalized spacial score (nSPS) is 8.75. The fraction of sp³-hybridized carbons (Fsp3) is 0.111. The van der Waals surface area contributed by atoms with Crippen molar-refractivity contribution in [3.05, 3.63) is 42.5 Å². The third-order valence-corrected chi connectivity index (χ3v) is 1.44. The molecule has 0 atom stereocenters. The Hall–Kier alpha value is -0.830. The van der Waals surface area contributed by atoms with Gasteiger partial charge >= 0.3 is 0 Å². The van der Waals surface area contributed by atoms with E-state index in [-0.39, 0.29) is 12.4 Å². The van der Waals surface area contributed by atoms with E-state index >= 15 is 0 Å². The second-order valence-corrected chi connectivity index (χ2v) is 2.28. The highest BCUT2D eigenvalue weighted by Gasteiger charge is 1.95. The summed E-state index contributed by atoms with van der Waals surface area (Å²) in [7, 11) is 0. The number of hydrogen-bond acceptors (Lipinski definition) is 2. The van der Waals surface area contributed by atoms with Crippen LogP contribution in [-0.4, -0.2) is 6.61 Å². The van der Waals surface area contributed by atoms with Crippen LogP contribution >= 0.6 is 12.4 Å². The number of hydrogen-bond donors (Lipinski definition) is 1. The Balaban J connectivity index is 0.00000121. The second kappa shape index (κ2) is 5.77. The van der Waals surface area contributed by atoms with Crippen molar-refractivity contribution in [2.75, 3.05) is 6.61 Å². The molecule has 3 heteroatoms. The van der Waals surface area contributed by atoms with Crippen LogP contribution in [0.2, 0.25) is 0 Å². The maximum atomic E-state index is 4.91. The first kappa shape index (κ1) is 11.2. The largest absolute Gasteiger partial charge is 0.300 e. The number of rotatable bonds is 3. The fourth-order valence-electron chi connectivity index (χ4n) is 0.858. The van der Waals surface area contributed by atoms with Crippen molar-refractivity contribution in [2.45, 2.75) is 0 Å². The van der Waals surface area contributed by atoms with Crippen LogP contribution in [0.15, 0.2) is 36.9 Å². The van der Waals surface area contributed by atoms with Crippen LogP contribution < -0.4 is 5.90 Å². The van der Waals surface area contributed by atoms with Gasteiger partial charge in [-0.3, -0.25) is 4.84 Å². The molecule has 0 saturated carbocycles. The molecule has 2 N–H and O–H groups in total. The first-order chi connectivity index (χ1) is 5.34. The van der Waals surface area contributed by atoms with Gasteiger partial charge < -0.3 is 0 Å². The van der Waals surface area contributed by atoms with E-state index in [1.54, 1.807) is 0 Å². The standard InChI is InChI=1S/C9H11NO.ClH/c1-8(7-11-10)9-5-3-2-4-6-9;/h2-6H,1,7,10H2;1H. The quantitative estimate of drug-likeness (QED) is 0.732. The lowest BCUT2D eigenvalue weighted by Gasteiger charge is -2.02. The van der Waals surface area contributed by atoms with E-state index in [0.29, 0.717) is 6.61 Å². The lowest BCUT2D eigenvalue weighted by molar-refractivity contribution is 0.173. The summed E-state index contributed by atoms with van der Waals surface area (Å²) < 4.78 is 0. The molecule has 1 rings (SSSR count). The van der Waals surface area contributed by atoms with Crippen molar-refractivity contribution in [2.24, 2.45) is 5.90 Å². The minimum Gasteiger partial charge on any atom is -0.300 e. The lowest BCUT2D eigenvalue weighted by Crippen LogP contribution is -2.01. The van der Waals surface area contributed by atoms with Crippen molar-refractivity contribution in [1.29, 1.82) is 0 Å². The summed E-state index contributed by atoms with van der Waals surface area (Å²) in [5, 5.41) is 0. The zero-order valence-corrected chi connectivity index (χ0v) is 7.51. The van der Waals surface area contributed by atoms with Crippen molar-refractivity contribution in [3.8, 4) is 0 Å². The summed E-state index contributed by atoms with van der Waals surface area (Å²) in [6.07, 6.45) is 0. The Morgan fingerprint density at radius 1 is 1.33 bits per heavy atom. The van der Waals surface area contributed by atoms with Gasteiger partial charge in [0.05, 0.1) is 6.61 Å². The van der Waals surface area contributed by atoms with Crippen LogP contribution in [0.25, 0.3) is 5.57 Å². The maximum Gasteiger partial charge on any atom is 0.0930 e. The van der Waals surface area contributed by atoms with E-state index in [2.05, 4.69) is 11.4 Å². The summed E-state index contributed by atoms with van der Waals surface area (Å²) in [5.41, 5.74) is 1.96. The molecule has 0 aliphatic rings. The monoisotopic (exact) mass is 185 g/mol. The van der Waals surface area contributed by atoms with E-state index in [0.717, 1.165) is 11.1 Å². The lowest BCUT2D eigenvalue weighted by atomic mass is 10.1. The number of benzene rings is 1. The zero-order valence-electron chi connectivity index (χ0n) is 6.69. The van der Waals surface area contributed by atoms with Gasteiger partial charge in [0, 0.05) is 0 Å². The molecule has 0 saturated heterocycles. The van der Waals surface area contributed by atoms with Gasteiger partial charge in [-0.15, -0.1) is 12.4 Å². The molecule has 1 aromatic carbocycles. The van der Waals surface area contributed by atoms with Crippen molar-refractivity contribution < 1.29 is 4.84 Å². The molecule has 0 heterocycles. The highest BCUT2D eigenvalue weighted by atomic mass is 35.5. The molecule has 12 heavy (non-hydrogen) atoms. The summed E-state index contributed by atoms with van der Waals surface area (Å²) in [6, 6.07) is 9.82. The highest BCUT2D eigenvalue weighted by Crippen LogP contribution is 2.10. The Kier molecular flexibility index (Phi) is 5.37. The van der Waals surface area contributed by atoms with Crippen LogP contribution in [0.4, 0.5) is 0 Å². The fourth-order valence-corrected chi connectivity index (χ4v) is 0.858. The van der Waals surface area contributed by atoms with Gasteiger partial charge in [0.1, 0.15) is 0 Å². The minimum atomic E-state index is 0. The number of nitrogens with two attached hydrogens (primary N) is 1. The van der Waals surface area contributed by atoms with Gasteiger partial charge in [-0.05, 0) is 11.1 Å². The van der Waals surface area contributed by atoms with Crippen LogP contribution in [-0.2, 0) is 4.84 Å². The summed E-state index contributed by atoms with van der Waals surface area (Å²) in [4.78, 5) is 4.46. The predicted molar refractivity (Wildman–Crippen MR) is 52.9 cm³/mol. The topological polar surface area (TPSA) is 35.2 Å². The summed E-state index contributed by atoms with van der Waals surface area (Å²) >= 11 is 0. The zero-order chi connectivity index (χ0) is 8.10. The number of halogens is 1. The molecule has 1 aromatic rings. The van der Waals surface area contributed by atoms with E-state index in [1.807, 2.05) is 30.3 Å². The van der Waals surface area contributed by atoms with Gasteiger partial charge in [0.2, 0.25) is 0 Å². The summed E-state index contributed by atoms with van der Waals surface area (Å²) in [6.45, 7) is 4.19.